The molecule has 1 saturated carbocycles. The van der Waals surface area contributed by atoms with E-state index < -0.39 is 0 Å². The van der Waals surface area contributed by atoms with Crippen molar-refractivity contribution in [3.8, 4) is 0 Å². The number of benzene rings is 2. The molecule has 0 radical (unpaired) electrons. The van der Waals surface area contributed by atoms with Gasteiger partial charge in [-0.3, -0.25) is 0 Å². The first-order valence-electron chi connectivity index (χ1n) is 6.81. The monoisotopic (exact) mass is 363 g/mol. The quantitative estimate of drug-likeness (QED) is 0.747. The molecule has 0 atom stereocenters. The van der Waals surface area contributed by atoms with Gasteiger partial charge in [-0.15, -0.1) is 0 Å². The number of hydrogen-bond acceptors (Lipinski definition) is 1. The van der Waals surface area contributed by atoms with Gasteiger partial charge in [0.2, 0.25) is 0 Å². The number of aryl methyl sites for hydroxylation is 1. The summed E-state index contributed by atoms with van der Waals surface area (Å²) in [6, 6.07) is 15.6. The molecule has 0 unspecified atom stereocenters. The predicted octanol–water partition coefficient (Wildman–Crippen LogP) is 5.09. The van der Waals surface area contributed by atoms with Crippen molar-refractivity contribution in [3.05, 3.63) is 62.7 Å². The van der Waals surface area contributed by atoms with Gasteiger partial charge in [0.05, 0.1) is 0 Å². The Balaban J connectivity index is 1.63. The molecule has 1 nitrogen and oxygen atoms in total. The van der Waals surface area contributed by atoms with Crippen LogP contribution in [0, 0.1) is 10.5 Å². The lowest BCUT2D eigenvalue weighted by atomic mass is 10.1. The summed E-state index contributed by atoms with van der Waals surface area (Å²) in [6.45, 7) is 3.03. The minimum absolute atomic E-state index is 0.848. The fourth-order valence-corrected chi connectivity index (χ4v) is 2.75. The lowest BCUT2D eigenvalue weighted by Crippen LogP contribution is -2.00. The van der Waals surface area contributed by atoms with Crippen LogP contribution < -0.4 is 5.32 Å². The molecule has 0 aliphatic heterocycles. The van der Waals surface area contributed by atoms with Gasteiger partial charge in [0.25, 0.3) is 0 Å². The molecule has 0 heterocycles. The second-order valence-corrected chi connectivity index (χ2v) is 6.50. The van der Waals surface area contributed by atoms with Crippen molar-refractivity contribution in [2.45, 2.75) is 32.2 Å². The highest BCUT2D eigenvalue weighted by molar-refractivity contribution is 14.1. The van der Waals surface area contributed by atoms with Gasteiger partial charge in [-0.2, -0.15) is 0 Å². The highest BCUT2D eigenvalue weighted by Crippen LogP contribution is 2.39. The third-order valence-electron chi connectivity index (χ3n) is 3.70. The van der Waals surface area contributed by atoms with Gasteiger partial charge in [-0.05, 0) is 77.1 Å². The first-order chi connectivity index (χ1) is 9.22. The van der Waals surface area contributed by atoms with E-state index in [2.05, 4.69) is 77.3 Å². The largest absolute Gasteiger partial charge is 0.381 e. The van der Waals surface area contributed by atoms with Crippen molar-refractivity contribution in [2.75, 3.05) is 5.32 Å². The van der Waals surface area contributed by atoms with E-state index in [0.717, 1.165) is 12.5 Å². The zero-order valence-electron chi connectivity index (χ0n) is 11.1. The SMILES string of the molecule is Cc1ccc(NCc2ccc(C3CC3)cc2)cc1I. The van der Waals surface area contributed by atoms with Crippen LogP contribution in [0.2, 0.25) is 0 Å². The molecule has 2 aromatic carbocycles. The molecule has 0 spiro atoms. The van der Waals surface area contributed by atoms with Gasteiger partial charge in [-0.1, -0.05) is 30.3 Å². The third-order valence-corrected chi connectivity index (χ3v) is 4.86. The average Bonchev–Trinajstić information content (AvgIpc) is 3.25. The summed E-state index contributed by atoms with van der Waals surface area (Å²) in [4.78, 5) is 0. The molecule has 0 bridgehead atoms. The average molecular weight is 363 g/mol. The first kappa shape index (κ1) is 13.0. The van der Waals surface area contributed by atoms with Crippen molar-refractivity contribution in [2.24, 2.45) is 0 Å². The van der Waals surface area contributed by atoms with Crippen molar-refractivity contribution in [3.63, 3.8) is 0 Å². The van der Waals surface area contributed by atoms with Crippen LogP contribution in [-0.2, 0) is 6.54 Å². The number of nitrogens with one attached hydrogen (secondary N) is 1. The molecule has 1 fully saturated rings. The lowest BCUT2D eigenvalue weighted by molar-refractivity contribution is 1.10. The van der Waals surface area contributed by atoms with Gasteiger partial charge >= 0.3 is 0 Å². The minimum atomic E-state index is 0.848. The summed E-state index contributed by atoms with van der Waals surface area (Å²) in [5, 5.41) is 3.49. The highest BCUT2D eigenvalue weighted by atomic mass is 127. The van der Waals surface area contributed by atoms with E-state index in [0.29, 0.717) is 0 Å². The van der Waals surface area contributed by atoms with Crippen LogP contribution in [0.1, 0.15) is 35.4 Å². The van der Waals surface area contributed by atoms with Gasteiger partial charge in [0, 0.05) is 15.8 Å². The van der Waals surface area contributed by atoms with E-state index in [9.17, 15) is 0 Å². The number of rotatable bonds is 4. The Morgan fingerprint density at radius 3 is 2.47 bits per heavy atom. The zero-order chi connectivity index (χ0) is 13.2. The summed E-state index contributed by atoms with van der Waals surface area (Å²) in [5.74, 6) is 0.848. The molecule has 1 aliphatic rings. The van der Waals surface area contributed by atoms with Crippen molar-refractivity contribution >= 4 is 28.3 Å². The molecule has 2 heteroatoms. The molecular formula is C17H18IN. The van der Waals surface area contributed by atoms with Crippen LogP contribution in [0.15, 0.2) is 42.5 Å². The fourth-order valence-electron chi connectivity index (χ4n) is 2.23. The maximum absolute atomic E-state index is 3.49. The summed E-state index contributed by atoms with van der Waals surface area (Å²) in [7, 11) is 0. The molecule has 1 N–H and O–H groups in total. The number of anilines is 1. The van der Waals surface area contributed by atoms with Crippen molar-refractivity contribution < 1.29 is 0 Å². The lowest BCUT2D eigenvalue weighted by Gasteiger charge is -2.09. The van der Waals surface area contributed by atoms with Gasteiger partial charge < -0.3 is 5.32 Å². The van der Waals surface area contributed by atoms with Crippen LogP contribution in [-0.4, -0.2) is 0 Å². The summed E-state index contributed by atoms with van der Waals surface area (Å²) < 4.78 is 1.31. The molecular weight excluding hydrogens is 345 g/mol. The standard InChI is InChI=1S/C17H18IN/c1-12-2-9-16(10-17(12)18)19-11-13-3-5-14(6-4-13)15-7-8-15/h2-6,9-10,15,19H,7-8,11H2,1H3. The molecule has 98 valence electrons. The van der Waals surface area contributed by atoms with Crippen LogP contribution in [0.25, 0.3) is 0 Å². The number of hydrogen-bond donors (Lipinski definition) is 1. The van der Waals surface area contributed by atoms with E-state index in [1.54, 1.807) is 0 Å². The van der Waals surface area contributed by atoms with Crippen LogP contribution in [0.3, 0.4) is 0 Å². The van der Waals surface area contributed by atoms with E-state index >= 15 is 0 Å². The molecule has 0 saturated heterocycles. The van der Waals surface area contributed by atoms with Crippen LogP contribution in [0.4, 0.5) is 5.69 Å². The molecule has 2 aromatic rings. The Morgan fingerprint density at radius 2 is 1.84 bits per heavy atom. The van der Waals surface area contributed by atoms with E-state index in [4.69, 9.17) is 0 Å². The second kappa shape index (κ2) is 5.53. The Bertz CT molecular complexity index is 570. The first-order valence-corrected chi connectivity index (χ1v) is 7.89. The van der Waals surface area contributed by atoms with Crippen LogP contribution in [0.5, 0.6) is 0 Å². The predicted molar refractivity (Wildman–Crippen MR) is 89.6 cm³/mol. The molecule has 0 amide bonds. The van der Waals surface area contributed by atoms with Crippen molar-refractivity contribution in [1.82, 2.24) is 0 Å². The maximum Gasteiger partial charge on any atom is 0.0400 e. The molecule has 1 aliphatic carbocycles. The second-order valence-electron chi connectivity index (χ2n) is 5.33. The van der Waals surface area contributed by atoms with Crippen LogP contribution >= 0.6 is 22.6 Å². The fraction of sp³-hybridized carbons (Fsp3) is 0.294. The third kappa shape index (κ3) is 3.30. The summed E-state index contributed by atoms with van der Waals surface area (Å²) in [5.41, 5.74) is 5.38. The topological polar surface area (TPSA) is 12.0 Å². The minimum Gasteiger partial charge on any atom is -0.381 e. The van der Waals surface area contributed by atoms with E-state index in [1.807, 2.05) is 0 Å². The normalized spacial score (nSPS) is 14.4. The maximum atomic E-state index is 3.49. The highest BCUT2D eigenvalue weighted by Gasteiger charge is 2.22. The molecule has 19 heavy (non-hydrogen) atoms. The van der Waals surface area contributed by atoms with E-state index in [1.165, 1.54) is 38.8 Å². The smallest absolute Gasteiger partial charge is 0.0400 e. The Kier molecular flexibility index (Phi) is 3.78. The Morgan fingerprint density at radius 1 is 1.11 bits per heavy atom. The van der Waals surface area contributed by atoms with Gasteiger partial charge in [0.15, 0.2) is 0 Å². The van der Waals surface area contributed by atoms with E-state index in [-0.39, 0.29) is 0 Å². The van der Waals surface area contributed by atoms with Gasteiger partial charge in [0.1, 0.15) is 0 Å². The summed E-state index contributed by atoms with van der Waals surface area (Å²) in [6.07, 6.45) is 2.75. The Hall–Kier alpha value is -1.03. The summed E-state index contributed by atoms with van der Waals surface area (Å²) >= 11 is 2.38. The zero-order valence-corrected chi connectivity index (χ0v) is 13.3. The number of halogens is 1. The Labute approximate surface area is 128 Å². The molecule has 0 aromatic heterocycles. The van der Waals surface area contributed by atoms with Crippen molar-refractivity contribution in [1.29, 1.82) is 0 Å². The molecule has 3 rings (SSSR count). The van der Waals surface area contributed by atoms with Gasteiger partial charge in [-0.25, -0.2) is 0 Å².